The standard InChI is InChI=1S/C14H12N2O5/c1-9-3-2-6-15-11(9)8-21-13-7-10(14(17)18)4-5-12(13)16(19)20/h2-7H,8H2,1H3,(H,17,18). The van der Waals surface area contributed by atoms with Gasteiger partial charge in [-0.1, -0.05) is 6.07 Å². The molecule has 7 heteroatoms. The molecule has 0 atom stereocenters. The summed E-state index contributed by atoms with van der Waals surface area (Å²) in [7, 11) is 0. The number of rotatable bonds is 5. The molecule has 1 N–H and O–H groups in total. The van der Waals surface area contributed by atoms with Crippen molar-refractivity contribution in [2.45, 2.75) is 13.5 Å². The van der Waals surface area contributed by atoms with Crippen LogP contribution in [0.15, 0.2) is 36.5 Å². The molecule has 1 aromatic heterocycles. The maximum Gasteiger partial charge on any atom is 0.335 e. The van der Waals surface area contributed by atoms with E-state index in [0.29, 0.717) is 5.69 Å². The largest absolute Gasteiger partial charge is 0.480 e. The van der Waals surface area contributed by atoms with Crippen molar-refractivity contribution in [1.29, 1.82) is 0 Å². The van der Waals surface area contributed by atoms with Gasteiger partial charge in [-0.25, -0.2) is 4.79 Å². The molecule has 0 spiro atoms. The van der Waals surface area contributed by atoms with E-state index in [9.17, 15) is 14.9 Å². The maximum atomic E-state index is 10.9. The molecule has 0 radical (unpaired) electrons. The summed E-state index contributed by atoms with van der Waals surface area (Å²) in [5.74, 6) is -1.27. The van der Waals surface area contributed by atoms with Gasteiger partial charge in [-0.2, -0.15) is 0 Å². The summed E-state index contributed by atoms with van der Waals surface area (Å²) in [6, 6.07) is 7.03. The van der Waals surface area contributed by atoms with Gasteiger partial charge >= 0.3 is 11.7 Å². The number of carboxylic acids is 1. The second kappa shape index (κ2) is 6.00. The van der Waals surface area contributed by atoms with Crippen LogP contribution in [-0.2, 0) is 6.61 Å². The van der Waals surface area contributed by atoms with Gasteiger partial charge in [0.05, 0.1) is 16.2 Å². The normalized spacial score (nSPS) is 10.1. The Hall–Kier alpha value is -2.96. The highest BCUT2D eigenvalue weighted by atomic mass is 16.6. The Morgan fingerprint density at radius 3 is 2.81 bits per heavy atom. The lowest BCUT2D eigenvalue weighted by Crippen LogP contribution is -2.04. The fourth-order valence-electron chi connectivity index (χ4n) is 1.73. The fourth-order valence-corrected chi connectivity index (χ4v) is 1.73. The summed E-state index contributed by atoms with van der Waals surface area (Å²) >= 11 is 0. The number of benzene rings is 1. The van der Waals surface area contributed by atoms with Gasteiger partial charge in [0.2, 0.25) is 0 Å². The van der Waals surface area contributed by atoms with Crippen LogP contribution < -0.4 is 4.74 Å². The van der Waals surface area contributed by atoms with Crippen molar-refractivity contribution in [1.82, 2.24) is 4.98 Å². The second-order valence-electron chi connectivity index (χ2n) is 4.30. The lowest BCUT2D eigenvalue weighted by atomic mass is 10.2. The molecular weight excluding hydrogens is 276 g/mol. The van der Waals surface area contributed by atoms with Gasteiger partial charge in [0.1, 0.15) is 6.61 Å². The minimum Gasteiger partial charge on any atom is -0.480 e. The van der Waals surface area contributed by atoms with Crippen LogP contribution in [0, 0.1) is 17.0 Å². The number of hydrogen-bond donors (Lipinski definition) is 1. The van der Waals surface area contributed by atoms with E-state index in [1.807, 2.05) is 13.0 Å². The van der Waals surface area contributed by atoms with Crippen molar-refractivity contribution in [3.8, 4) is 5.75 Å². The molecule has 21 heavy (non-hydrogen) atoms. The summed E-state index contributed by atoms with van der Waals surface area (Å²) in [5, 5.41) is 19.9. The quantitative estimate of drug-likeness (QED) is 0.670. The van der Waals surface area contributed by atoms with E-state index in [1.165, 1.54) is 6.07 Å². The van der Waals surface area contributed by atoms with E-state index in [0.717, 1.165) is 17.7 Å². The van der Waals surface area contributed by atoms with Crippen LogP contribution in [0.25, 0.3) is 0 Å². The zero-order chi connectivity index (χ0) is 15.4. The molecule has 1 heterocycles. The van der Waals surface area contributed by atoms with Gasteiger partial charge in [-0.15, -0.1) is 0 Å². The van der Waals surface area contributed by atoms with Crippen LogP contribution in [0.3, 0.4) is 0 Å². The molecule has 2 rings (SSSR count). The molecule has 0 amide bonds. The first-order chi connectivity index (χ1) is 9.99. The predicted octanol–water partition coefficient (Wildman–Crippen LogP) is 2.58. The van der Waals surface area contributed by atoms with Crippen LogP contribution in [0.5, 0.6) is 5.75 Å². The zero-order valence-corrected chi connectivity index (χ0v) is 11.1. The number of aromatic carboxylic acids is 1. The summed E-state index contributed by atoms with van der Waals surface area (Å²) in [6.45, 7) is 1.87. The van der Waals surface area contributed by atoms with Crippen LogP contribution in [0.1, 0.15) is 21.6 Å². The number of carboxylic acid groups (broad SMARTS) is 1. The molecule has 2 aromatic rings. The number of pyridine rings is 1. The monoisotopic (exact) mass is 288 g/mol. The number of aromatic nitrogens is 1. The van der Waals surface area contributed by atoms with E-state index >= 15 is 0 Å². The predicted molar refractivity (Wildman–Crippen MR) is 73.4 cm³/mol. The minimum absolute atomic E-state index is 0.0244. The Morgan fingerprint density at radius 2 is 2.19 bits per heavy atom. The third-order valence-corrected chi connectivity index (χ3v) is 2.89. The van der Waals surface area contributed by atoms with E-state index < -0.39 is 10.9 Å². The highest BCUT2D eigenvalue weighted by Crippen LogP contribution is 2.28. The molecule has 0 aliphatic rings. The average Bonchev–Trinajstić information content (AvgIpc) is 2.46. The number of aryl methyl sites for hydroxylation is 1. The highest BCUT2D eigenvalue weighted by molar-refractivity contribution is 5.88. The highest BCUT2D eigenvalue weighted by Gasteiger charge is 2.18. The van der Waals surface area contributed by atoms with Crippen molar-refractivity contribution in [2.24, 2.45) is 0 Å². The molecule has 0 aliphatic heterocycles. The van der Waals surface area contributed by atoms with Gasteiger partial charge < -0.3 is 9.84 Å². The number of ether oxygens (including phenoxy) is 1. The van der Waals surface area contributed by atoms with Crippen LogP contribution in [0.2, 0.25) is 0 Å². The smallest absolute Gasteiger partial charge is 0.335 e. The number of nitrogens with zero attached hydrogens (tertiary/aromatic N) is 2. The molecule has 1 aromatic carbocycles. The molecule has 7 nitrogen and oxygen atoms in total. The van der Waals surface area contributed by atoms with Crippen molar-refractivity contribution >= 4 is 11.7 Å². The molecule has 0 bridgehead atoms. The third kappa shape index (κ3) is 3.33. The maximum absolute atomic E-state index is 10.9. The number of nitro groups is 1. The fraction of sp³-hybridized carbons (Fsp3) is 0.143. The number of carbonyl (C=O) groups is 1. The Bertz CT molecular complexity index is 700. The zero-order valence-electron chi connectivity index (χ0n) is 11.1. The SMILES string of the molecule is Cc1cccnc1COc1cc(C(=O)O)ccc1[N+](=O)[O-]. The van der Waals surface area contributed by atoms with E-state index in [4.69, 9.17) is 9.84 Å². The van der Waals surface area contributed by atoms with Gasteiger partial charge in [0.15, 0.2) is 5.75 Å². The number of nitro benzene ring substituents is 1. The van der Waals surface area contributed by atoms with Gasteiger partial charge in [-0.05, 0) is 24.6 Å². The first-order valence-corrected chi connectivity index (χ1v) is 6.04. The Morgan fingerprint density at radius 1 is 1.43 bits per heavy atom. The first kappa shape index (κ1) is 14.4. The number of hydrogen-bond acceptors (Lipinski definition) is 5. The van der Waals surface area contributed by atoms with Gasteiger partial charge in [0.25, 0.3) is 0 Å². The van der Waals surface area contributed by atoms with Crippen LogP contribution >= 0.6 is 0 Å². The van der Waals surface area contributed by atoms with Crippen LogP contribution in [-0.4, -0.2) is 21.0 Å². The molecular formula is C14H12N2O5. The lowest BCUT2D eigenvalue weighted by Gasteiger charge is -2.08. The van der Waals surface area contributed by atoms with Crippen molar-refractivity contribution in [3.63, 3.8) is 0 Å². The Balaban J connectivity index is 2.29. The average molecular weight is 288 g/mol. The van der Waals surface area contributed by atoms with E-state index in [-0.39, 0.29) is 23.6 Å². The summed E-state index contributed by atoms with van der Waals surface area (Å²) in [4.78, 5) is 25.4. The Labute approximate surface area is 120 Å². The minimum atomic E-state index is -1.18. The summed E-state index contributed by atoms with van der Waals surface area (Å²) in [6.07, 6.45) is 1.59. The summed E-state index contributed by atoms with van der Waals surface area (Å²) in [5.41, 5.74) is 1.16. The molecule has 108 valence electrons. The molecule has 0 fully saturated rings. The Kier molecular flexibility index (Phi) is 4.13. The summed E-state index contributed by atoms with van der Waals surface area (Å²) < 4.78 is 5.39. The third-order valence-electron chi connectivity index (χ3n) is 2.89. The van der Waals surface area contributed by atoms with Gasteiger partial charge in [-0.3, -0.25) is 15.1 Å². The van der Waals surface area contributed by atoms with Crippen molar-refractivity contribution in [2.75, 3.05) is 0 Å². The van der Waals surface area contributed by atoms with Crippen LogP contribution in [0.4, 0.5) is 5.69 Å². The van der Waals surface area contributed by atoms with E-state index in [1.54, 1.807) is 12.3 Å². The molecule has 0 saturated heterocycles. The molecule has 0 aliphatic carbocycles. The van der Waals surface area contributed by atoms with Crippen molar-refractivity contribution in [3.05, 3.63) is 63.5 Å². The topological polar surface area (TPSA) is 103 Å². The van der Waals surface area contributed by atoms with Gasteiger partial charge in [0, 0.05) is 18.3 Å². The van der Waals surface area contributed by atoms with E-state index in [2.05, 4.69) is 4.98 Å². The molecule has 0 saturated carbocycles. The molecule has 0 unspecified atom stereocenters. The lowest BCUT2D eigenvalue weighted by molar-refractivity contribution is -0.385. The van der Waals surface area contributed by atoms with Crippen molar-refractivity contribution < 1.29 is 19.6 Å². The second-order valence-corrected chi connectivity index (χ2v) is 4.30. The first-order valence-electron chi connectivity index (χ1n) is 6.04.